The lowest BCUT2D eigenvalue weighted by Gasteiger charge is -2.31. The van der Waals surface area contributed by atoms with E-state index in [0.717, 1.165) is 58.5 Å². The molecule has 0 spiro atoms. The van der Waals surface area contributed by atoms with Crippen molar-refractivity contribution in [1.29, 1.82) is 0 Å². The fraction of sp³-hybridized carbons (Fsp3) is 0.481. The van der Waals surface area contributed by atoms with Crippen molar-refractivity contribution < 1.29 is 19.1 Å². The van der Waals surface area contributed by atoms with Gasteiger partial charge in [-0.2, -0.15) is 0 Å². The number of carbonyl (C=O) groups excluding carboxylic acids is 2. The molecule has 0 unspecified atom stereocenters. The van der Waals surface area contributed by atoms with Crippen molar-refractivity contribution in [2.24, 2.45) is 20.7 Å². The average molecular weight is 537 g/mol. The third-order valence-corrected chi connectivity index (χ3v) is 6.56. The summed E-state index contributed by atoms with van der Waals surface area (Å²) in [6.45, 7) is 5.85. The molecule has 39 heavy (non-hydrogen) atoms. The highest BCUT2D eigenvalue weighted by molar-refractivity contribution is 5.90. The van der Waals surface area contributed by atoms with Gasteiger partial charge >= 0.3 is 11.9 Å². The minimum Gasteiger partial charge on any atom is -0.465 e. The standard InChI is InChI=1S/C27H36N8O4/c1-38-26(36)22-7-11-24(12-8-22)28-30-34-17-5-3-15-32(20-34)19-33-16-4-6-18-35(21-33)31-29-25-13-9-23(10-14-25)27(37)39-2/h7-14H,3-6,15-21H2,1-2H3. The molecular weight excluding hydrogens is 500 g/mol. The molecule has 0 bridgehead atoms. The summed E-state index contributed by atoms with van der Waals surface area (Å²) in [4.78, 5) is 28.0. The lowest BCUT2D eigenvalue weighted by molar-refractivity contribution is 0.0535. The van der Waals surface area contributed by atoms with Gasteiger partial charge in [0.25, 0.3) is 0 Å². The molecule has 12 heteroatoms. The first kappa shape index (κ1) is 28.1. The first-order valence-electron chi connectivity index (χ1n) is 13.2. The van der Waals surface area contributed by atoms with Crippen molar-refractivity contribution in [3.63, 3.8) is 0 Å². The molecule has 12 nitrogen and oxygen atoms in total. The van der Waals surface area contributed by atoms with E-state index in [1.165, 1.54) is 14.2 Å². The third kappa shape index (κ3) is 8.55. The largest absolute Gasteiger partial charge is 0.465 e. The molecule has 0 amide bonds. The van der Waals surface area contributed by atoms with Crippen LogP contribution in [0.4, 0.5) is 11.4 Å². The van der Waals surface area contributed by atoms with Crippen molar-refractivity contribution in [3.8, 4) is 0 Å². The first-order chi connectivity index (χ1) is 19.0. The Balaban J connectivity index is 1.31. The minimum absolute atomic E-state index is 0.371. The first-order valence-corrected chi connectivity index (χ1v) is 13.2. The normalized spacial score (nSPS) is 17.8. The Morgan fingerprint density at radius 2 is 1.03 bits per heavy atom. The minimum atomic E-state index is -0.371. The molecule has 2 aromatic rings. The summed E-state index contributed by atoms with van der Waals surface area (Å²) < 4.78 is 9.49. The molecule has 0 N–H and O–H groups in total. The smallest absolute Gasteiger partial charge is 0.337 e. The molecule has 2 saturated heterocycles. The van der Waals surface area contributed by atoms with E-state index in [1.807, 2.05) is 10.0 Å². The van der Waals surface area contributed by atoms with Crippen LogP contribution in [-0.4, -0.2) is 92.2 Å². The Hall–Kier alpha value is -3.90. The van der Waals surface area contributed by atoms with Crippen molar-refractivity contribution in [1.82, 2.24) is 19.8 Å². The van der Waals surface area contributed by atoms with Gasteiger partial charge in [0.05, 0.1) is 56.7 Å². The second-order valence-electron chi connectivity index (χ2n) is 9.54. The van der Waals surface area contributed by atoms with E-state index in [-0.39, 0.29) is 11.9 Å². The summed E-state index contributed by atoms with van der Waals surface area (Å²) in [5.74, 6) is -0.742. The lowest BCUT2D eigenvalue weighted by Crippen LogP contribution is -2.44. The SMILES string of the molecule is COC(=O)c1ccc(N=NN2CCCCN(CN3CCCCN(N=Nc4ccc(C(=O)OC)cc4)C3)C2)cc1. The number of benzene rings is 2. The van der Waals surface area contributed by atoms with Crippen molar-refractivity contribution >= 4 is 23.3 Å². The Kier molecular flexibility index (Phi) is 10.3. The maximum Gasteiger partial charge on any atom is 0.337 e. The molecule has 2 fully saturated rings. The van der Waals surface area contributed by atoms with Crippen molar-refractivity contribution in [3.05, 3.63) is 59.7 Å². The second kappa shape index (κ2) is 14.3. The van der Waals surface area contributed by atoms with Gasteiger partial charge in [0, 0.05) is 26.2 Å². The van der Waals surface area contributed by atoms with Gasteiger partial charge in [-0.1, -0.05) is 10.4 Å². The Bertz CT molecular complexity index is 1050. The molecule has 208 valence electrons. The number of hydrogen-bond acceptors (Lipinski definition) is 10. The number of rotatable bonds is 8. The van der Waals surface area contributed by atoms with Crippen LogP contribution >= 0.6 is 0 Å². The van der Waals surface area contributed by atoms with Crippen LogP contribution in [0.1, 0.15) is 46.4 Å². The monoisotopic (exact) mass is 536 g/mol. The van der Waals surface area contributed by atoms with Crippen molar-refractivity contribution in [2.75, 3.05) is 60.4 Å². The lowest BCUT2D eigenvalue weighted by atomic mass is 10.2. The summed E-state index contributed by atoms with van der Waals surface area (Å²) in [6.07, 6.45) is 4.29. The van der Waals surface area contributed by atoms with Crippen LogP contribution in [0.2, 0.25) is 0 Å². The van der Waals surface area contributed by atoms with Gasteiger partial charge in [0.15, 0.2) is 0 Å². The number of hydrogen-bond donors (Lipinski definition) is 0. The molecule has 2 aliphatic rings. The van der Waals surface area contributed by atoms with Gasteiger partial charge in [0.2, 0.25) is 0 Å². The van der Waals surface area contributed by atoms with Crippen molar-refractivity contribution in [2.45, 2.75) is 25.7 Å². The van der Waals surface area contributed by atoms with Gasteiger partial charge in [-0.3, -0.25) is 19.8 Å². The predicted molar refractivity (Wildman–Crippen MR) is 144 cm³/mol. The van der Waals surface area contributed by atoms with E-state index >= 15 is 0 Å². The topological polar surface area (TPSA) is 115 Å². The Morgan fingerprint density at radius 3 is 1.41 bits per heavy atom. The van der Waals surface area contributed by atoms with E-state index < -0.39 is 0 Å². The molecule has 0 radical (unpaired) electrons. The summed E-state index contributed by atoms with van der Waals surface area (Å²) in [6, 6.07) is 13.8. The number of carbonyl (C=O) groups is 2. The van der Waals surface area contributed by atoms with Crippen LogP contribution in [0.3, 0.4) is 0 Å². The predicted octanol–water partition coefficient (Wildman–Crippen LogP) is 4.63. The summed E-state index contributed by atoms with van der Waals surface area (Å²) >= 11 is 0. The highest BCUT2D eigenvalue weighted by atomic mass is 16.5. The van der Waals surface area contributed by atoms with Gasteiger partial charge in [-0.25, -0.2) is 9.59 Å². The van der Waals surface area contributed by atoms with E-state index in [0.29, 0.717) is 35.8 Å². The van der Waals surface area contributed by atoms with Crippen LogP contribution in [0.15, 0.2) is 69.2 Å². The molecule has 0 atom stereocenters. The quantitative estimate of drug-likeness (QED) is 0.354. The fourth-order valence-electron chi connectivity index (χ4n) is 4.46. The van der Waals surface area contributed by atoms with Crippen LogP contribution in [0.5, 0.6) is 0 Å². The number of methoxy groups -OCH3 is 2. The maximum atomic E-state index is 11.6. The molecular formula is C27H36N8O4. The highest BCUT2D eigenvalue weighted by Crippen LogP contribution is 2.18. The summed E-state index contributed by atoms with van der Waals surface area (Å²) in [7, 11) is 2.73. The highest BCUT2D eigenvalue weighted by Gasteiger charge is 2.21. The zero-order valence-corrected chi connectivity index (χ0v) is 22.6. The van der Waals surface area contributed by atoms with E-state index in [1.54, 1.807) is 48.5 Å². The van der Waals surface area contributed by atoms with Crippen LogP contribution in [-0.2, 0) is 9.47 Å². The molecule has 0 aliphatic carbocycles. The Morgan fingerprint density at radius 1 is 0.641 bits per heavy atom. The van der Waals surface area contributed by atoms with E-state index in [4.69, 9.17) is 9.47 Å². The molecule has 2 aliphatic heterocycles. The summed E-state index contributed by atoms with van der Waals surface area (Å²) in [5.41, 5.74) is 2.35. The molecule has 4 rings (SSSR count). The van der Waals surface area contributed by atoms with E-state index in [9.17, 15) is 9.59 Å². The second-order valence-corrected chi connectivity index (χ2v) is 9.54. The fourth-order valence-corrected chi connectivity index (χ4v) is 4.46. The van der Waals surface area contributed by atoms with Gasteiger partial charge in [0.1, 0.15) is 0 Å². The molecule has 2 aromatic carbocycles. The van der Waals surface area contributed by atoms with Gasteiger partial charge in [-0.05, 0) is 74.2 Å². The van der Waals surface area contributed by atoms with Gasteiger partial charge in [-0.15, -0.1) is 10.2 Å². The molecule has 0 saturated carbocycles. The number of ether oxygens (including phenoxy) is 2. The van der Waals surface area contributed by atoms with E-state index in [2.05, 4.69) is 30.5 Å². The molecule has 2 heterocycles. The Labute approximate surface area is 228 Å². The van der Waals surface area contributed by atoms with Crippen LogP contribution < -0.4 is 0 Å². The number of esters is 2. The van der Waals surface area contributed by atoms with Crippen LogP contribution in [0, 0.1) is 0 Å². The average Bonchev–Trinajstić information content (AvgIpc) is 3.35. The number of nitrogens with zero attached hydrogens (tertiary/aromatic N) is 8. The zero-order chi connectivity index (χ0) is 27.5. The summed E-state index contributed by atoms with van der Waals surface area (Å²) in [5, 5.41) is 21.7. The van der Waals surface area contributed by atoms with Crippen LogP contribution in [0.25, 0.3) is 0 Å². The van der Waals surface area contributed by atoms with Gasteiger partial charge < -0.3 is 9.47 Å². The maximum absolute atomic E-state index is 11.6. The third-order valence-electron chi connectivity index (χ3n) is 6.56. The zero-order valence-electron chi connectivity index (χ0n) is 22.6. The molecule has 0 aromatic heterocycles.